The summed E-state index contributed by atoms with van der Waals surface area (Å²) in [5.74, 6) is 10.2. The standard InChI is InChI=1S/C9H14N10S2/c1-3-2-4(20-8(16-12)17-13)6(11)7(5(3)10)21-9(18-14)19-15/h2,12,14H,10-11,13,15H2,1H3. The number of nitrogen functional groups attached to an aromatic ring is 2. The van der Waals surface area contributed by atoms with Gasteiger partial charge in [-0.05, 0) is 42.1 Å². The van der Waals surface area contributed by atoms with Crippen LogP contribution >= 0.6 is 23.5 Å². The Hall–Kier alpha value is -2.34. The lowest BCUT2D eigenvalue weighted by Crippen LogP contribution is -2.03. The summed E-state index contributed by atoms with van der Waals surface area (Å²) in [5, 5.41) is 13.1. The highest BCUT2D eigenvalue weighted by Gasteiger charge is 2.17. The lowest BCUT2D eigenvalue weighted by atomic mass is 10.2. The summed E-state index contributed by atoms with van der Waals surface area (Å²) in [6.07, 6.45) is 0. The van der Waals surface area contributed by atoms with Crippen LogP contribution in [0.5, 0.6) is 0 Å². The maximum Gasteiger partial charge on any atom is 0.230 e. The molecule has 0 radical (unpaired) electrons. The van der Waals surface area contributed by atoms with Crippen LogP contribution in [0, 0.1) is 18.0 Å². The molecule has 0 fully saturated rings. The number of benzene rings is 1. The third-order valence-electron chi connectivity index (χ3n) is 2.33. The minimum atomic E-state index is 0.00726. The molecule has 0 unspecified atom stereocenters. The Labute approximate surface area is 128 Å². The fourth-order valence-corrected chi connectivity index (χ4v) is 2.91. The van der Waals surface area contributed by atoms with Crippen molar-refractivity contribution in [1.82, 2.24) is 0 Å². The quantitative estimate of drug-likeness (QED) is 0.0909. The van der Waals surface area contributed by atoms with Crippen molar-refractivity contribution in [1.29, 1.82) is 11.1 Å². The zero-order chi connectivity index (χ0) is 16.0. The lowest BCUT2D eigenvalue weighted by Gasteiger charge is -2.14. The molecule has 1 aromatic rings. The number of amidine groups is 2. The minimum Gasteiger partial charge on any atom is -0.398 e. The van der Waals surface area contributed by atoms with E-state index < -0.39 is 0 Å². The van der Waals surface area contributed by atoms with E-state index in [2.05, 4.69) is 20.4 Å². The van der Waals surface area contributed by atoms with E-state index >= 15 is 0 Å². The van der Waals surface area contributed by atoms with Gasteiger partial charge in [-0.25, -0.2) is 11.1 Å². The number of hydrogen-bond donors (Lipinski definition) is 6. The van der Waals surface area contributed by atoms with Crippen molar-refractivity contribution in [3.05, 3.63) is 11.6 Å². The number of rotatable bonds is 2. The Bertz CT molecular complexity index is 623. The van der Waals surface area contributed by atoms with Gasteiger partial charge in [0.05, 0.1) is 16.3 Å². The van der Waals surface area contributed by atoms with Crippen LogP contribution in [0.2, 0.25) is 0 Å². The second kappa shape index (κ2) is 7.44. The Morgan fingerprint density at radius 1 is 1.00 bits per heavy atom. The van der Waals surface area contributed by atoms with E-state index in [1.807, 2.05) is 0 Å². The minimum absolute atomic E-state index is 0.00726. The summed E-state index contributed by atoms with van der Waals surface area (Å²) >= 11 is 1.99. The molecule has 12 heteroatoms. The van der Waals surface area contributed by atoms with Crippen LogP contribution in [0.25, 0.3) is 0 Å². The van der Waals surface area contributed by atoms with Crippen molar-refractivity contribution < 1.29 is 0 Å². The van der Waals surface area contributed by atoms with E-state index in [4.69, 9.17) is 34.2 Å². The monoisotopic (exact) mass is 326 g/mol. The van der Waals surface area contributed by atoms with Gasteiger partial charge in [0.25, 0.3) is 0 Å². The molecule has 0 heterocycles. The van der Waals surface area contributed by atoms with Gasteiger partial charge in [-0.15, -0.1) is 10.2 Å². The predicted octanol–water partition coefficient (Wildman–Crippen LogP) is 1.86. The average molecular weight is 326 g/mol. The molecule has 0 amide bonds. The van der Waals surface area contributed by atoms with Crippen LogP contribution in [-0.2, 0) is 0 Å². The van der Waals surface area contributed by atoms with E-state index in [1.54, 1.807) is 13.0 Å². The summed E-state index contributed by atoms with van der Waals surface area (Å²) in [4.78, 5) is 1.05. The van der Waals surface area contributed by atoms with Gasteiger partial charge in [0.2, 0.25) is 10.3 Å². The maximum absolute atomic E-state index is 6.96. The third-order valence-corrected chi connectivity index (χ3v) is 4.29. The molecule has 1 aromatic carbocycles. The van der Waals surface area contributed by atoms with Crippen molar-refractivity contribution in [3.63, 3.8) is 0 Å². The Balaban J connectivity index is 3.34. The number of nitrogens with one attached hydrogen (secondary N) is 2. The van der Waals surface area contributed by atoms with Crippen molar-refractivity contribution in [2.24, 2.45) is 32.1 Å². The van der Waals surface area contributed by atoms with Crippen LogP contribution in [0.4, 0.5) is 11.4 Å². The second-order valence-corrected chi connectivity index (χ2v) is 5.59. The van der Waals surface area contributed by atoms with Crippen LogP contribution in [0.1, 0.15) is 5.56 Å². The van der Waals surface area contributed by atoms with Gasteiger partial charge < -0.3 is 23.2 Å². The van der Waals surface area contributed by atoms with Gasteiger partial charge in [-0.3, -0.25) is 0 Å². The molecular weight excluding hydrogens is 312 g/mol. The van der Waals surface area contributed by atoms with Crippen molar-refractivity contribution >= 4 is 45.2 Å². The molecule has 0 atom stereocenters. The maximum atomic E-state index is 6.96. The van der Waals surface area contributed by atoms with E-state index in [-0.39, 0.29) is 10.3 Å². The highest BCUT2D eigenvalue weighted by atomic mass is 32.2. The molecule has 0 bridgehead atoms. The Kier molecular flexibility index (Phi) is 5.92. The summed E-state index contributed by atoms with van der Waals surface area (Å²) in [6.45, 7) is 1.79. The summed E-state index contributed by atoms with van der Waals surface area (Å²) < 4.78 is 0. The van der Waals surface area contributed by atoms with Crippen molar-refractivity contribution in [3.8, 4) is 0 Å². The van der Waals surface area contributed by atoms with E-state index in [0.29, 0.717) is 21.2 Å². The van der Waals surface area contributed by atoms with E-state index in [0.717, 1.165) is 29.1 Å². The van der Waals surface area contributed by atoms with Gasteiger partial charge >= 0.3 is 0 Å². The first-order valence-corrected chi connectivity index (χ1v) is 6.96. The van der Waals surface area contributed by atoms with Gasteiger partial charge in [0.15, 0.2) is 0 Å². The molecule has 0 saturated heterocycles. The molecule has 21 heavy (non-hydrogen) atoms. The molecule has 10 nitrogen and oxygen atoms in total. The third kappa shape index (κ3) is 3.82. The molecule has 0 spiro atoms. The molecule has 0 aliphatic carbocycles. The van der Waals surface area contributed by atoms with Crippen molar-refractivity contribution in [2.75, 3.05) is 11.5 Å². The van der Waals surface area contributed by atoms with Crippen LogP contribution < -0.4 is 23.2 Å². The molecule has 0 aromatic heterocycles. The van der Waals surface area contributed by atoms with Crippen molar-refractivity contribution in [2.45, 2.75) is 16.7 Å². The Morgan fingerprint density at radius 2 is 1.52 bits per heavy atom. The second-order valence-electron chi connectivity index (χ2n) is 3.60. The SMILES string of the molecule is Cc1cc(SC(N=N)=NN)c(N)c(SC(N=N)=NN)c1N. The molecule has 0 aliphatic heterocycles. The molecule has 0 aliphatic rings. The summed E-state index contributed by atoms with van der Waals surface area (Å²) in [6, 6.07) is 1.73. The molecule has 112 valence electrons. The number of anilines is 2. The first-order chi connectivity index (χ1) is 9.98. The largest absolute Gasteiger partial charge is 0.398 e. The topological polar surface area (TPSA) is 201 Å². The number of nitrogens with zero attached hydrogens (tertiary/aromatic N) is 4. The van der Waals surface area contributed by atoms with Gasteiger partial charge in [0.1, 0.15) is 0 Å². The highest BCUT2D eigenvalue weighted by molar-refractivity contribution is 8.14. The first-order valence-electron chi connectivity index (χ1n) is 5.33. The lowest BCUT2D eigenvalue weighted by molar-refractivity contribution is 1.16. The number of hydrazone groups is 2. The first kappa shape index (κ1) is 16.7. The molecule has 10 N–H and O–H groups in total. The fourth-order valence-electron chi connectivity index (χ4n) is 1.33. The average Bonchev–Trinajstić information content (AvgIpc) is 2.50. The molecular formula is C9H14N10S2. The van der Waals surface area contributed by atoms with Gasteiger partial charge in [-0.1, -0.05) is 0 Å². The highest BCUT2D eigenvalue weighted by Crippen LogP contribution is 2.41. The van der Waals surface area contributed by atoms with E-state index in [9.17, 15) is 0 Å². The Morgan fingerprint density at radius 3 is 2.00 bits per heavy atom. The van der Waals surface area contributed by atoms with Gasteiger partial charge in [0, 0.05) is 4.90 Å². The van der Waals surface area contributed by atoms with Crippen LogP contribution in [0.15, 0.2) is 36.3 Å². The van der Waals surface area contributed by atoms with Crippen LogP contribution in [0.3, 0.4) is 0 Å². The van der Waals surface area contributed by atoms with E-state index in [1.165, 1.54) is 0 Å². The zero-order valence-corrected chi connectivity index (χ0v) is 12.6. The number of nitrogens with two attached hydrogens (primary N) is 4. The summed E-state index contributed by atoms with van der Waals surface area (Å²) in [5.41, 5.74) is 27.4. The fraction of sp³-hybridized carbons (Fsp3) is 0.111. The number of hydrogen-bond acceptors (Lipinski definition) is 10. The number of aryl methyl sites for hydroxylation is 1. The number of thioether (sulfide) groups is 2. The molecule has 1 rings (SSSR count). The smallest absolute Gasteiger partial charge is 0.230 e. The van der Waals surface area contributed by atoms with Crippen LogP contribution in [-0.4, -0.2) is 10.3 Å². The van der Waals surface area contributed by atoms with Gasteiger partial charge in [-0.2, -0.15) is 10.2 Å². The normalized spacial score (nSPS) is 12.2. The molecule has 0 saturated carbocycles. The summed E-state index contributed by atoms with van der Waals surface area (Å²) in [7, 11) is 0. The zero-order valence-electron chi connectivity index (χ0n) is 11.0. The predicted molar refractivity (Wildman–Crippen MR) is 85.3 cm³/mol.